The highest BCUT2D eigenvalue weighted by Gasteiger charge is 2.44. The van der Waals surface area contributed by atoms with Gasteiger partial charge in [0.25, 0.3) is 11.8 Å². The van der Waals surface area contributed by atoms with Crippen LogP contribution in [0.1, 0.15) is 43.4 Å². The minimum Gasteiger partial charge on any atom is -0.489 e. The summed E-state index contributed by atoms with van der Waals surface area (Å²) in [7, 11) is 0. The zero-order chi connectivity index (χ0) is 21.4. The Labute approximate surface area is 177 Å². The highest BCUT2D eigenvalue weighted by molar-refractivity contribution is 6.45. The van der Waals surface area contributed by atoms with Gasteiger partial charge in [0.1, 0.15) is 11.4 Å². The first-order valence-corrected chi connectivity index (χ1v) is 10.6. The molecular weight excluding hydrogens is 376 g/mol. The van der Waals surface area contributed by atoms with Gasteiger partial charge in [-0.25, -0.2) is 4.90 Å². The zero-order valence-corrected chi connectivity index (χ0v) is 18.1. The Morgan fingerprint density at radius 3 is 2.30 bits per heavy atom. The number of carbonyl (C=O) groups excluding carboxylic acids is 2. The summed E-state index contributed by atoms with van der Waals surface area (Å²) in [5, 5.41) is 0. The number of anilines is 1. The van der Waals surface area contributed by atoms with Crippen LogP contribution < -0.4 is 9.64 Å². The zero-order valence-electron chi connectivity index (χ0n) is 18.1. The molecule has 0 unspecified atom stereocenters. The number of rotatable bonds is 5. The van der Waals surface area contributed by atoms with Crippen molar-refractivity contribution in [2.45, 2.75) is 46.6 Å². The Bertz CT molecular complexity index is 1030. The van der Waals surface area contributed by atoms with Gasteiger partial charge in [0, 0.05) is 13.1 Å². The molecule has 0 atom stereocenters. The summed E-state index contributed by atoms with van der Waals surface area (Å²) in [6, 6.07) is 13.3. The summed E-state index contributed by atoms with van der Waals surface area (Å²) in [6.45, 7) is 9.47. The fraction of sp³-hybridized carbons (Fsp3) is 0.360. The molecule has 2 aromatic rings. The van der Waals surface area contributed by atoms with Crippen molar-refractivity contribution in [3.8, 4) is 5.75 Å². The van der Waals surface area contributed by atoms with Crippen molar-refractivity contribution in [1.82, 2.24) is 4.90 Å². The maximum atomic E-state index is 13.7. The second-order valence-electron chi connectivity index (χ2n) is 8.32. The van der Waals surface area contributed by atoms with Crippen molar-refractivity contribution in [2.75, 3.05) is 18.0 Å². The van der Waals surface area contributed by atoms with E-state index in [1.165, 1.54) is 4.90 Å². The monoisotopic (exact) mass is 404 g/mol. The van der Waals surface area contributed by atoms with E-state index in [9.17, 15) is 9.59 Å². The molecule has 2 aromatic carbocycles. The normalized spacial score (nSPS) is 17.0. The molecule has 0 aliphatic carbocycles. The van der Waals surface area contributed by atoms with Gasteiger partial charge in [-0.15, -0.1) is 0 Å². The minimum absolute atomic E-state index is 0.0659. The van der Waals surface area contributed by atoms with Crippen LogP contribution in [0.25, 0.3) is 5.57 Å². The molecule has 5 nitrogen and oxygen atoms in total. The SMILES string of the molecule is Cc1ccc(C2=C(N3CCCC3)C(=O)N(c3ccccc3OC(C)C)C2=O)c(C)c1. The molecule has 0 radical (unpaired) electrons. The van der Waals surface area contributed by atoms with Gasteiger partial charge in [0.05, 0.1) is 17.4 Å². The lowest BCUT2D eigenvalue weighted by Gasteiger charge is -2.22. The molecule has 0 spiro atoms. The van der Waals surface area contributed by atoms with Gasteiger partial charge in [0.15, 0.2) is 0 Å². The van der Waals surface area contributed by atoms with Crippen LogP contribution in [0.4, 0.5) is 5.69 Å². The van der Waals surface area contributed by atoms with E-state index in [4.69, 9.17) is 4.74 Å². The van der Waals surface area contributed by atoms with Crippen LogP contribution in [0.15, 0.2) is 48.2 Å². The average molecular weight is 405 g/mol. The first-order valence-electron chi connectivity index (χ1n) is 10.6. The lowest BCUT2D eigenvalue weighted by Crippen LogP contribution is -2.35. The van der Waals surface area contributed by atoms with Crippen LogP contribution in [0.5, 0.6) is 5.75 Å². The van der Waals surface area contributed by atoms with Crippen LogP contribution in [0.2, 0.25) is 0 Å². The van der Waals surface area contributed by atoms with E-state index in [2.05, 4.69) is 11.0 Å². The largest absolute Gasteiger partial charge is 0.489 e. The molecule has 2 aliphatic heterocycles. The lowest BCUT2D eigenvalue weighted by atomic mass is 9.97. The summed E-state index contributed by atoms with van der Waals surface area (Å²) in [6.07, 6.45) is 1.99. The predicted molar refractivity (Wildman–Crippen MR) is 118 cm³/mol. The van der Waals surface area contributed by atoms with E-state index in [-0.39, 0.29) is 17.9 Å². The van der Waals surface area contributed by atoms with Crippen LogP contribution >= 0.6 is 0 Å². The topological polar surface area (TPSA) is 49.9 Å². The fourth-order valence-electron chi connectivity index (χ4n) is 4.30. The number of ether oxygens (including phenoxy) is 1. The molecule has 2 heterocycles. The van der Waals surface area contributed by atoms with Gasteiger partial charge in [-0.05, 0) is 63.8 Å². The van der Waals surface area contributed by atoms with Gasteiger partial charge in [-0.2, -0.15) is 0 Å². The molecule has 2 aliphatic rings. The quantitative estimate of drug-likeness (QED) is 0.690. The van der Waals surface area contributed by atoms with Gasteiger partial charge in [-0.3, -0.25) is 9.59 Å². The van der Waals surface area contributed by atoms with Gasteiger partial charge < -0.3 is 9.64 Å². The summed E-state index contributed by atoms with van der Waals surface area (Å²) >= 11 is 0. The molecule has 0 aromatic heterocycles. The molecule has 0 saturated carbocycles. The molecule has 156 valence electrons. The third-order valence-corrected chi connectivity index (χ3v) is 5.60. The fourth-order valence-corrected chi connectivity index (χ4v) is 4.30. The van der Waals surface area contributed by atoms with Crippen molar-refractivity contribution >= 4 is 23.1 Å². The first kappa shape index (κ1) is 20.2. The number of nitrogens with zero attached hydrogens (tertiary/aromatic N) is 2. The molecule has 1 fully saturated rings. The molecular formula is C25H28N2O3. The molecule has 0 N–H and O–H groups in total. The van der Waals surface area contributed by atoms with Crippen molar-refractivity contribution in [2.24, 2.45) is 0 Å². The minimum atomic E-state index is -0.284. The summed E-state index contributed by atoms with van der Waals surface area (Å²) in [4.78, 5) is 30.7. The number of carbonyl (C=O) groups is 2. The van der Waals surface area contributed by atoms with E-state index in [0.29, 0.717) is 22.7 Å². The Morgan fingerprint density at radius 1 is 0.933 bits per heavy atom. The number of benzene rings is 2. The number of amides is 2. The maximum absolute atomic E-state index is 13.7. The number of hydrogen-bond acceptors (Lipinski definition) is 4. The van der Waals surface area contributed by atoms with E-state index >= 15 is 0 Å². The lowest BCUT2D eigenvalue weighted by molar-refractivity contribution is -0.120. The summed E-state index contributed by atoms with van der Waals surface area (Å²) < 4.78 is 5.92. The van der Waals surface area contributed by atoms with E-state index in [1.54, 1.807) is 12.1 Å². The summed E-state index contributed by atoms with van der Waals surface area (Å²) in [5.41, 5.74) is 4.46. The molecule has 1 saturated heterocycles. The summed E-state index contributed by atoms with van der Waals surface area (Å²) in [5.74, 6) is -0.0119. The third-order valence-electron chi connectivity index (χ3n) is 5.60. The second-order valence-corrected chi connectivity index (χ2v) is 8.32. The van der Waals surface area contributed by atoms with Gasteiger partial charge in [-0.1, -0.05) is 35.9 Å². The van der Waals surface area contributed by atoms with Crippen LogP contribution in [0.3, 0.4) is 0 Å². The number of aryl methyl sites for hydroxylation is 2. The van der Waals surface area contributed by atoms with Crippen LogP contribution in [-0.4, -0.2) is 35.9 Å². The maximum Gasteiger partial charge on any atom is 0.282 e. The highest BCUT2D eigenvalue weighted by Crippen LogP contribution is 2.40. The standard InChI is InChI=1S/C25H28N2O3/c1-16(2)30-21-10-6-5-9-20(21)27-24(28)22(19-12-11-17(3)15-18(19)4)23(25(27)29)26-13-7-8-14-26/h5-6,9-12,15-16H,7-8,13-14H2,1-4H3. The Kier molecular flexibility index (Phi) is 5.37. The van der Waals surface area contributed by atoms with Crippen molar-refractivity contribution in [3.05, 3.63) is 64.9 Å². The van der Waals surface area contributed by atoms with Crippen LogP contribution in [0, 0.1) is 13.8 Å². The van der Waals surface area contributed by atoms with Crippen molar-refractivity contribution in [1.29, 1.82) is 0 Å². The van der Waals surface area contributed by atoms with E-state index < -0.39 is 0 Å². The number of para-hydroxylation sites is 2. The van der Waals surface area contributed by atoms with E-state index in [1.807, 2.05) is 52.0 Å². The average Bonchev–Trinajstić information content (AvgIpc) is 3.29. The molecule has 4 rings (SSSR count). The Hall–Kier alpha value is -3.08. The van der Waals surface area contributed by atoms with Crippen molar-refractivity contribution in [3.63, 3.8) is 0 Å². The molecule has 0 bridgehead atoms. The number of likely N-dealkylation sites (tertiary alicyclic amines) is 1. The van der Waals surface area contributed by atoms with Crippen LogP contribution in [-0.2, 0) is 9.59 Å². The smallest absolute Gasteiger partial charge is 0.282 e. The molecule has 5 heteroatoms. The predicted octanol–water partition coefficient (Wildman–Crippen LogP) is 4.47. The highest BCUT2D eigenvalue weighted by atomic mass is 16.5. The first-order chi connectivity index (χ1) is 14.4. The third kappa shape index (κ3) is 3.49. The molecule has 2 amide bonds. The molecule has 30 heavy (non-hydrogen) atoms. The second kappa shape index (κ2) is 7.98. The van der Waals surface area contributed by atoms with Crippen molar-refractivity contribution < 1.29 is 14.3 Å². The number of hydrogen-bond donors (Lipinski definition) is 0. The Morgan fingerprint density at radius 2 is 1.63 bits per heavy atom. The van der Waals surface area contributed by atoms with Gasteiger partial charge >= 0.3 is 0 Å². The van der Waals surface area contributed by atoms with E-state index in [0.717, 1.165) is 42.6 Å². The van der Waals surface area contributed by atoms with Gasteiger partial charge in [0.2, 0.25) is 0 Å². The Balaban J connectivity index is 1.86. The number of imide groups is 1.